The van der Waals surface area contributed by atoms with Crippen molar-refractivity contribution in [1.82, 2.24) is 0 Å². The van der Waals surface area contributed by atoms with Gasteiger partial charge in [0.2, 0.25) is 0 Å². The molecular weight excluding hydrogens is 566 g/mol. The lowest BCUT2D eigenvalue weighted by Crippen LogP contribution is -2.47. The molecule has 4 rings (SSSR count). The van der Waals surface area contributed by atoms with Crippen molar-refractivity contribution in [2.24, 2.45) is 5.73 Å². The molecule has 0 unspecified atom stereocenters. The summed E-state index contributed by atoms with van der Waals surface area (Å²) in [6.07, 6.45) is -0.0425. The summed E-state index contributed by atoms with van der Waals surface area (Å²) in [5.74, 6) is -0.155. The van der Waals surface area contributed by atoms with Gasteiger partial charge in [0.1, 0.15) is 4.75 Å². The normalized spacial score (nSPS) is 11.8. The van der Waals surface area contributed by atoms with E-state index in [0.717, 1.165) is 11.1 Å². The van der Waals surface area contributed by atoms with Gasteiger partial charge in [0, 0.05) is 42.0 Å². The van der Waals surface area contributed by atoms with Crippen LogP contribution < -0.4 is 5.73 Å². The molecule has 4 aromatic rings. The van der Waals surface area contributed by atoms with Gasteiger partial charge in [-0.3, -0.25) is 14.1 Å². The van der Waals surface area contributed by atoms with Gasteiger partial charge in [0.25, 0.3) is 10.1 Å². The minimum absolute atomic E-state index is 0.0213. The maximum Gasteiger partial charge on any atom is 0.272 e. The van der Waals surface area contributed by atoms with Crippen LogP contribution in [0.1, 0.15) is 55.8 Å². The highest BCUT2D eigenvalue weighted by Gasteiger charge is 2.41. The summed E-state index contributed by atoms with van der Waals surface area (Å²) in [5, 5.41) is 0. The van der Waals surface area contributed by atoms with Crippen LogP contribution in [-0.2, 0) is 32.8 Å². The van der Waals surface area contributed by atoms with Gasteiger partial charge in [0.15, 0.2) is 11.6 Å². The van der Waals surface area contributed by atoms with Crippen molar-refractivity contribution in [3.63, 3.8) is 0 Å². The van der Waals surface area contributed by atoms with E-state index in [4.69, 9.17) is 15.2 Å². The molecule has 0 aliphatic rings. The number of carbonyl (C=O) groups is 2. The van der Waals surface area contributed by atoms with Crippen molar-refractivity contribution in [3.05, 3.63) is 143 Å². The van der Waals surface area contributed by atoms with E-state index in [1.165, 1.54) is 0 Å². The van der Waals surface area contributed by atoms with Crippen LogP contribution in [0.2, 0.25) is 0 Å². The number of carbonyl (C=O) groups excluding carboxylic acids is 2. The fourth-order valence-corrected chi connectivity index (χ4v) is 5.50. The van der Waals surface area contributed by atoms with Crippen LogP contribution in [0.25, 0.3) is 0 Å². The summed E-state index contributed by atoms with van der Waals surface area (Å²) in [6.45, 7) is 0.179. The fourth-order valence-electron chi connectivity index (χ4n) is 4.61. The highest BCUT2D eigenvalue weighted by molar-refractivity contribution is 7.87. The largest absolute Gasteiger partial charge is 0.377 e. The fraction of sp³-hybridized carbons (Fsp3) is 0.235. The molecule has 0 bridgehead atoms. The Morgan fingerprint density at radius 3 is 1.28 bits per heavy atom. The first-order valence-electron chi connectivity index (χ1n) is 13.9. The number of hydrogen-bond donors (Lipinski definition) is 2. The average molecular weight is 602 g/mol. The van der Waals surface area contributed by atoms with Crippen molar-refractivity contribution in [1.29, 1.82) is 0 Å². The molecule has 43 heavy (non-hydrogen) atoms. The lowest BCUT2D eigenvalue weighted by molar-refractivity contribution is 0.0885. The summed E-state index contributed by atoms with van der Waals surface area (Å²) >= 11 is 0. The quantitative estimate of drug-likeness (QED) is 0.101. The molecule has 0 saturated carbocycles. The molecule has 0 aliphatic heterocycles. The summed E-state index contributed by atoms with van der Waals surface area (Å²) in [5.41, 5.74) is 9.80. The molecule has 0 atom stereocenters. The first-order chi connectivity index (χ1) is 20.7. The Morgan fingerprint density at radius 2 is 0.953 bits per heavy atom. The molecule has 0 radical (unpaired) electrons. The second-order valence-corrected chi connectivity index (χ2v) is 12.1. The molecule has 0 aromatic heterocycles. The Morgan fingerprint density at radius 1 is 0.605 bits per heavy atom. The summed E-state index contributed by atoms with van der Waals surface area (Å²) in [6, 6.07) is 32.0. The predicted octanol–water partition coefficient (Wildman–Crippen LogP) is 5.25. The maximum atomic E-state index is 12.6. The number of benzene rings is 4. The third kappa shape index (κ3) is 8.53. The van der Waals surface area contributed by atoms with Crippen molar-refractivity contribution in [2.75, 3.05) is 19.8 Å². The zero-order chi connectivity index (χ0) is 30.7. The van der Waals surface area contributed by atoms with Crippen molar-refractivity contribution in [2.45, 2.75) is 30.8 Å². The molecule has 0 heterocycles. The third-order valence-corrected chi connectivity index (χ3v) is 9.03. The zero-order valence-electron chi connectivity index (χ0n) is 23.7. The van der Waals surface area contributed by atoms with E-state index < -0.39 is 14.9 Å². The smallest absolute Gasteiger partial charge is 0.272 e. The molecule has 9 heteroatoms. The number of rotatable bonds is 16. The highest BCUT2D eigenvalue weighted by Crippen LogP contribution is 2.25. The SMILES string of the molecule is NCC(CCOCc1ccc(C(=O)c2ccccc2)cc1)(CCOCc1ccc(C(=O)c2ccccc2)cc1)S(=O)(=O)O. The molecular formula is C34H35NO7S. The van der Waals surface area contributed by atoms with Crippen LogP contribution in [-0.4, -0.2) is 49.0 Å². The van der Waals surface area contributed by atoms with Crippen LogP contribution in [0.15, 0.2) is 109 Å². The molecule has 4 aromatic carbocycles. The molecule has 0 aliphatic carbocycles. The molecule has 0 spiro atoms. The van der Waals surface area contributed by atoms with E-state index in [-0.39, 0.29) is 57.4 Å². The summed E-state index contributed by atoms with van der Waals surface area (Å²) < 4.78 is 44.5. The summed E-state index contributed by atoms with van der Waals surface area (Å²) in [4.78, 5) is 25.2. The van der Waals surface area contributed by atoms with E-state index in [9.17, 15) is 22.6 Å². The van der Waals surface area contributed by atoms with Gasteiger partial charge in [-0.15, -0.1) is 0 Å². The van der Waals surface area contributed by atoms with Crippen molar-refractivity contribution >= 4 is 21.7 Å². The van der Waals surface area contributed by atoms with Gasteiger partial charge in [-0.2, -0.15) is 8.42 Å². The van der Waals surface area contributed by atoms with Crippen LogP contribution in [0, 0.1) is 0 Å². The lowest BCUT2D eigenvalue weighted by Gasteiger charge is -2.29. The maximum absolute atomic E-state index is 12.6. The van der Waals surface area contributed by atoms with Gasteiger partial charge in [-0.05, 0) is 24.0 Å². The number of ketones is 2. The standard InChI is InChI=1S/C34H35NO7S/c35-25-34(43(38,39)40,19-21-41-23-26-11-15-30(16-12-26)32(36)28-7-3-1-4-8-28)20-22-42-24-27-13-17-31(18-14-27)33(37)29-9-5-2-6-10-29/h1-18H,19-25,35H2,(H,38,39,40). The Hall–Kier alpha value is -3.99. The van der Waals surface area contributed by atoms with E-state index >= 15 is 0 Å². The average Bonchev–Trinajstić information content (AvgIpc) is 3.04. The monoisotopic (exact) mass is 601 g/mol. The van der Waals surface area contributed by atoms with E-state index in [1.54, 1.807) is 72.8 Å². The van der Waals surface area contributed by atoms with Crippen molar-refractivity contribution in [3.8, 4) is 0 Å². The van der Waals surface area contributed by atoms with Gasteiger partial charge in [-0.1, -0.05) is 109 Å². The second kappa shape index (κ2) is 15.0. The Bertz CT molecular complexity index is 1490. The molecule has 224 valence electrons. The van der Waals surface area contributed by atoms with Crippen molar-refractivity contribution < 1.29 is 32.0 Å². The first kappa shape index (κ1) is 31.9. The van der Waals surface area contributed by atoms with E-state index in [2.05, 4.69) is 0 Å². The third-order valence-electron chi connectivity index (χ3n) is 7.36. The topological polar surface area (TPSA) is 133 Å². The van der Waals surface area contributed by atoms with Gasteiger partial charge in [0.05, 0.1) is 13.2 Å². The van der Waals surface area contributed by atoms with E-state index in [0.29, 0.717) is 22.3 Å². The molecule has 0 saturated heterocycles. The number of ether oxygens (including phenoxy) is 2. The Balaban J connectivity index is 1.25. The second-order valence-electron chi connectivity index (χ2n) is 10.3. The molecule has 3 N–H and O–H groups in total. The molecule has 8 nitrogen and oxygen atoms in total. The van der Waals surface area contributed by atoms with Gasteiger partial charge < -0.3 is 15.2 Å². The number of hydrogen-bond acceptors (Lipinski definition) is 7. The number of nitrogens with two attached hydrogens (primary N) is 1. The van der Waals surface area contributed by atoms with Crippen LogP contribution in [0.5, 0.6) is 0 Å². The molecule has 0 fully saturated rings. The van der Waals surface area contributed by atoms with Gasteiger partial charge >= 0.3 is 0 Å². The minimum Gasteiger partial charge on any atom is -0.377 e. The van der Waals surface area contributed by atoms with Gasteiger partial charge in [-0.25, -0.2) is 0 Å². The summed E-state index contributed by atoms with van der Waals surface area (Å²) in [7, 11) is -4.51. The first-order valence-corrected chi connectivity index (χ1v) is 15.4. The van der Waals surface area contributed by atoms with E-state index in [1.807, 2.05) is 36.4 Å². The Kier molecular flexibility index (Phi) is 11.1. The Labute approximate surface area is 252 Å². The van der Waals surface area contributed by atoms with Crippen LogP contribution >= 0.6 is 0 Å². The van der Waals surface area contributed by atoms with Crippen LogP contribution in [0.4, 0.5) is 0 Å². The highest BCUT2D eigenvalue weighted by atomic mass is 32.2. The van der Waals surface area contributed by atoms with Crippen LogP contribution in [0.3, 0.4) is 0 Å². The lowest BCUT2D eigenvalue weighted by atomic mass is 10.0. The predicted molar refractivity (Wildman–Crippen MR) is 165 cm³/mol. The minimum atomic E-state index is -4.51. The molecule has 0 amide bonds. The zero-order valence-corrected chi connectivity index (χ0v) is 24.5.